The molecule has 3 aliphatic carbocycles. The molecule has 3 aliphatic rings. The predicted octanol–water partition coefficient (Wildman–Crippen LogP) is 3.23. The van der Waals surface area contributed by atoms with Crippen molar-refractivity contribution >= 4 is 5.91 Å². The molecule has 0 aromatic carbocycles. The highest BCUT2D eigenvalue weighted by molar-refractivity contribution is 5.79. The van der Waals surface area contributed by atoms with Gasteiger partial charge in [0.15, 0.2) is 0 Å². The van der Waals surface area contributed by atoms with Crippen molar-refractivity contribution in [2.45, 2.75) is 83.2 Å². The zero-order valence-corrected chi connectivity index (χ0v) is 13.5. The van der Waals surface area contributed by atoms with Crippen LogP contribution in [0.2, 0.25) is 0 Å². The van der Waals surface area contributed by atoms with Crippen LogP contribution in [-0.4, -0.2) is 18.0 Å². The van der Waals surface area contributed by atoms with Crippen LogP contribution in [0.25, 0.3) is 0 Å². The largest absolute Gasteiger partial charge is 0.353 e. The van der Waals surface area contributed by atoms with Gasteiger partial charge in [0.05, 0.1) is 0 Å². The Morgan fingerprint density at radius 2 is 1.67 bits per heavy atom. The van der Waals surface area contributed by atoms with Crippen molar-refractivity contribution in [2.24, 2.45) is 29.4 Å². The Labute approximate surface area is 129 Å². The van der Waals surface area contributed by atoms with Crippen molar-refractivity contribution < 1.29 is 4.79 Å². The van der Waals surface area contributed by atoms with Crippen LogP contribution in [0.3, 0.4) is 0 Å². The second-order valence-corrected chi connectivity index (χ2v) is 7.83. The summed E-state index contributed by atoms with van der Waals surface area (Å²) in [6, 6.07) is 0.804. The highest BCUT2D eigenvalue weighted by Crippen LogP contribution is 2.42. The number of carbonyl (C=O) groups is 1. The first-order valence-electron chi connectivity index (χ1n) is 9.23. The van der Waals surface area contributed by atoms with E-state index in [0.29, 0.717) is 29.8 Å². The second kappa shape index (κ2) is 6.68. The van der Waals surface area contributed by atoms with Gasteiger partial charge in [-0.15, -0.1) is 0 Å². The number of nitrogens with two attached hydrogens (primary N) is 1. The minimum Gasteiger partial charge on any atom is -0.353 e. The predicted molar refractivity (Wildman–Crippen MR) is 85.7 cm³/mol. The normalized spacial score (nSPS) is 43.3. The molecule has 2 atom stereocenters. The molecule has 3 fully saturated rings. The Hall–Kier alpha value is -0.570. The van der Waals surface area contributed by atoms with Gasteiger partial charge in [0.1, 0.15) is 0 Å². The van der Waals surface area contributed by atoms with E-state index in [2.05, 4.69) is 12.2 Å². The van der Waals surface area contributed by atoms with Crippen LogP contribution in [0.5, 0.6) is 0 Å². The lowest BCUT2D eigenvalue weighted by atomic mass is 9.65. The highest BCUT2D eigenvalue weighted by atomic mass is 16.1. The Balaban J connectivity index is 1.50. The molecule has 3 N–H and O–H groups in total. The average Bonchev–Trinajstić information content (AvgIpc) is 2.47. The Morgan fingerprint density at radius 1 is 1.05 bits per heavy atom. The van der Waals surface area contributed by atoms with Crippen molar-refractivity contribution in [1.82, 2.24) is 5.32 Å². The third-order valence-corrected chi connectivity index (χ3v) is 6.55. The molecule has 3 saturated carbocycles. The van der Waals surface area contributed by atoms with E-state index in [1.54, 1.807) is 0 Å². The lowest BCUT2D eigenvalue weighted by molar-refractivity contribution is -0.128. The van der Waals surface area contributed by atoms with Gasteiger partial charge in [-0.3, -0.25) is 4.79 Å². The zero-order chi connectivity index (χ0) is 14.8. The van der Waals surface area contributed by atoms with Crippen molar-refractivity contribution in [2.75, 3.05) is 0 Å². The maximum absolute atomic E-state index is 12.6. The molecular formula is C18H32N2O. The van der Waals surface area contributed by atoms with Crippen LogP contribution in [0.15, 0.2) is 0 Å². The maximum Gasteiger partial charge on any atom is 0.223 e. The Bertz CT molecular complexity index is 348. The summed E-state index contributed by atoms with van der Waals surface area (Å²) in [7, 11) is 0. The number of hydrogen-bond donors (Lipinski definition) is 2. The van der Waals surface area contributed by atoms with Crippen LogP contribution in [0, 0.1) is 23.7 Å². The lowest BCUT2D eigenvalue weighted by Crippen LogP contribution is -2.50. The molecule has 0 aromatic heterocycles. The van der Waals surface area contributed by atoms with Crippen molar-refractivity contribution in [3.05, 3.63) is 0 Å². The third-order valence-electron chi connectivity index (χ3n) is 6.55. The van der Waals surface area contributed by atoms with Crippen LogP contribution in [0.4, 0.5) is 0 Å². The SMILES string of the molecule is CCC1CCC(NC(=O)C2CC3CCCC(C2)C3N)CC1. The first-order valence-corrected chi connectivity index (χ1v) is 9.23. The fraction of sp³-hybridized carbons (Fsp3) is 0.944. The topological polar surface area (TPSA) is 55.1 Å². The van der Waals surface area contributed by atoms with Crippen LogP contribution in [0.1, 0.15) is 71.1 Å². The van der Waals surface area contributed by atoms with Gasteiger partial charge in [-0.25, -0.2) is 0 Å². The molecule has 0 radical (unpaired) electrons. The minimum atomic E-state index is 0.240. The number of carbonyl (C=O) groups excluding carboxylic acids is 1. The number of nitrogens with one attached hydrogen (secondary N) is 1. The molecule has 0 aliphatic heterocycles. The first-order chi connectivity index (χ1) is 10.2. The van der Waals surface area contributed by atoms with Gasteiger partial charge in [0.25, 0.3) is 0 Å². The van der Waals surface area contributed by atoms with E-state index in [-0.39, 0.29) is 5.92 Å². The summed E-state index contributed by atoms with van der Waals surface area (Å²) in [6.07, 6.45) is 12.1. The van der Waals surface area contributed by atoms with E-state index in [4.69, 9.17) is 5.73 Å². The molecule has 0 heterocycles. The molecule has 3 nitrogen and oxygen atoms in total. The van der Waals surface area contributed by atoms with E-state index < -0.39 is 0 Å². The second-order valence-electron chi connectivity index (χ2n) is 7.83. The standard InChI is InChI=1S/C18H32N2O/c1-2-12-6-8-16(9-7-12)20-18(21)15-10-13-4-3-5-14(11-15)17(13)19/h12-17H,2-11,19H2,1H3,(H,20,21). The van der Waals surface area contributed by atoms with Crippen LogP contribution < -0.4 is 11.1 Å². The van der Waals surface area contributed by atoms with Crippen LogP contribution >= 0.6 is 0 Å². The Morgan fingerprint density at radius 3 is 2.24 bits per heavy atom. The van der Waals surface area contributed by atoms with E-state index in [9.17, 15) is 4.79 Å². The maximum atomic E-state index is 12.6. The smallest absolute Gasteiger partial charge is 0.223 e. The first kappa shape index (κ1) is 15.3. The van der Waals surface area contributed by atoms with Crippen molar-refractivity contribution in [3.8, 4) is 0 Å². The molecule has 120 valence electrons. The van der Waals surface area contributed by atoms with Gasteiger partial charge in [-0.1, -0.05) is 19.8 Å². The average molecular weight is 292 g/mol. The summed E-state index contributed by atoms with van der Waals surface area (Å²) < 4.78 is 0. The molecule has 21 heavy (non-hydrogen) atoms. The Kier molecular flexibility index (Phi) is 4.88. The molecule has 0 saturated heterocycles. The van der Waals surface area contributed by atoms with Gasteiger partial charge in [0.2, 0.25) is 5.91 Å². The number of rotatable bonds is 3. The van der Waals surface area contributed by atoms with Gasteiger partial charge < -0.3 is 11.1 Å². The van der Waals surface area contributed by atoms with E-state index in [0.717, 1.165) is 18.8 Å². The van der Waals surface area contributed by atoms with E-state index >= 15 is 0 Å². The summed E-state index contributed by atoms with van der Waals surface area (Å²) >= 11 is 0. The number of fused-ring (bicyclic) bond motifs is 2. The summed E-state index contributed by atoms with van der Waals surface area (Å²) in [5, 5.41) is 3.36. The highest BCUT2D eigenvalue weighted by Gasteiger charge is 2.40. The zero-order valence-electron chi connectivity index (χ0n) is 13.5. The molecule has 3 heteroatoms. The molecular weight excluding hydrogens is 260 g/mol. The fourth-order valence-corrected chi connectivity index (χ4v) is 5.04. The molecule has 2 bridgehead atoms. The number of amides is 1. The summed E-state index contributed by atoms with van der Waals surface area (Å²) in [5.41, 5.74) is 6.33. The van der Waals surface area contributed by atoms with Crippen molar-refractivity contribution in [1.29, 1.82) is 0 Å². The van der Waals surface area contributed by atoms with Gasteiger partial charge in [-0.2, -0.15) is 0 Å². The number of hydrogen-bond acceptors (Lipinski definition) is 2. The minimum absolute atomic E-state index is 0.240. The molecule has 3 rings (SSSR count). The van der Waals surface area contributed by atoms with Crippen LogP contribution in [-0.2, 0) is 4.79 Å². The summed E-state index contributed by atoms with van der Waals surface area (Å²) in [5.74, 6) is 2.67. The summed E-state index contributed by atoms with van der Waals surface area (Å²) in [4.78, 5) is 12.6. The third kappa shape index (κ3) is 3.44. The van der Waals surface area contributed by atoms with Gasteiger partial charge in [-0.05, 0) is 69.1 Å². The lowest BCUT2D eigenvalue weighted by Gasteiger charge is -2.44. The molecule has 2 unspecified atom stereocenters. The van der Waals surface area contributed by atoms with E-state index in [1.807, 2.05) is 0 Å². The molecule has 1 amide bonds. The quantitative estimate of drug-likeness (QED) is 0.839. The van der Waals surface area contributed by atoms with Crippen molar-refractivity contribution in [3.63, 3.8) is 0 Å². The fourth-order valence-electron chi connectivity index (χ4n) is 5.04. The molecule has 0 aromatic rings. The van der Waals surface area contributed by atoms with Gasteiger partial charge >= 0.3 is 0 Å². The van der Waals surface area contributed by atoms with E-state index in [1.165, 1.54) is 51.4 Å². The monoisotopic (exact) mass is 292 g/mol. The molecule has 0 spiro atoms. The summed E-state index contributed by atoms with van der Waals surface area (Å²) in [6.45, 7) is 2.29. The van der Waals surface area contributed by atoms with Gasteiger partial charge in [0, 0.05) is 18.0 Å².